The van der Waals surface area contributed by atoms with Gasteiger partial charge in [0.15, 0.2) is 6.61 Å². The first-order valence-electron chi connectivity index (χ1n) is 9.68. The summed E-state index contributed by atoms with van der Waals surface area (Å²) in [7, 11) is 0. The highest BCUT2D eigenvalue weighted by molar-refractivity contribution is 6.08. The number of esters is 1. The molecule has 2 aromatic carbocycles. The topological polar surface area (TPSA) is 119 Å². The standard InChI is InChI=1S/C22H23N3O5/c23-20(27)18-12-6-7-13-25(18)19(26)14-30-22(29)16-10-4-5-11-17(16)24-21(28)15-8-2-1-3-9-15/h1-5,8-11,18H,6-7,12-14H2,(H2,23,27)(H,24,28)/t18-/m0/s1. The van der Waals surface area contributed by atoms with E-state index in [0.29, 0.717) is 18.5 Å². The molecular formula is C22H23N3O5. The zero-order chi connectivity index (χ0) is 21.5. The molecule has 0 spiro atoms. The van der Waals surface area contributed by atoms with Crippen LogP contribution in [0.1, 0.15) is 40.0 Å². The van der Waals surface area contributed by atoms with Crippen molar-refractivity contribution >= 4 is 29.4 Å². The Morgan fingerprint density at radius 1 is 1.00 bits per heavy atom. The lowest BCUT2D eigenvalue weighted by molar-refractivity contribution is -0.143. The maximum Gasteiger partial charge on any atom is 0.340 e. The highest BCUT2D eigenvalue weighted by atomic mass is 16.5. The van der Waals surface area contributed by atoms with Crippen LogP contribution in [0.15, 0.2) is 54.6 Å². The molecule has 0 aromatic heterocycles. The number of hydrogen-bond donors (Lipinski definition) is 2. The summed E-state index contributed by atoms with van der Waals surface area (Å²) >= 11 is 0. The monoisotopic (exact) mass is 409 g/mol. The molecule has 8 nitrogen and oxygen atoms in total. The first-order valence-corrected chi connectivity index (χ1v) is 9.68. The van der Waals surface area contributed by atoms with Crippen molar-refractivity contribution in [1.82, 2.24) is 4.90 Å². The van der Waals surface area contributed by atoms with E-state index < -0.39 is 30.4 Å². The van der Waals surface area contributed by atoms with E-state index in [1.54, 1.807) is 48.5 Å². The van der Waals surface area contributed by atoms with Crippen LogP contribution in [0.5, 0.6) is 0 Å². The Morgan fingerprint density at radius 2 is 1.70 bits per heavy atom. The van der Waals surface area contributed by atoms with Crippen LogP contribution in [0.4, 0.5) is 5.69 Å². The summed E-state index contributed by atoms with van der Waals surface area (Å²) < 4.78 is 5.17. The van der Waals surface area contributed by atoms with Crippen LogP contribution >= 0.6 is 0 Å². The molecule has 1 aliphatic rings. The summed E-state index contributed by atoms with van der Waals surface area (Å²) in [6, 6.07) is 14.3. The minimum Gasteiger partial charge on any atom is -0.452 e. The van der Waals surface area contributed by atoms with Gasteiger partial charge in [0, 0.05) is 12.1 Å². The molecule has 156 valence electrons. The molecular weight excluding hydrogens is 386 g/mol. The quantitative estimate of drug-likeness (QED) is 0.707. The van der Waals surface area contributed by atoms with Gasteiger partial charge in [0.1, 0.15) is 6.04 Å². The number of hydrogen-bond acceptors (Lipinski definition) is 5. The van der Waals surface area contributed by atoms with Crippen LogP contribution in [0.25, 0.3) is 0 Å². The van der Waals surface area contributed by atoms with Crippen LogP contribution < -0.4 is 11.1 Å². The van der Waals surface area contributed by atoms with Crippen LogP contribution in [0, 0.1) is 0 Å². The Morgan fingerprint density at radius 3 is 2.43 bits per heavy atom. The molecule has 1 aliphatic heterocycles. The van der Waals surface area contributed by atoms with Gasteiger partial charge in [-0.3, -0.25) is 14.4 Å². The molecule has 8 heteroatoms. The summed E-state index contributed by atoms with van der Waals surface area (Å²) in [4.78, 5) is 50.3. The number of para-hydroxylation sites is 1. The number of nitrogens with one attached hydrogen (secondary N) is 1. The van der Waals surface area contributed by atoms with Crippen LogP contribution in [-0.2, 0) is 14.3 Å². The van der Waals surface area contributed by atoms with E-state index in [9.17, 15) is 19.2 Å². The summed E-state index contributed by atoms with van der Waals surface area (Å²) in [5, 5.41) is 2.68. The molecule has 2 aromatic rings. The molecule has 3 rings (SSSR count). The van der Waals surface area contributed by atoms with Crippen molar-refractivity contribution in [1.29, 1.82) is 0 Å². The van der Waals surface area contributed by atoms with Gasteiger partial charge >= 0.3 is 5.97 Å². The van der Waals surface area contributed by atoms with E-state index in [1.165, 1.54) is 11.0 Å². The minimum atomic E-state index is -0.750. The van der Waals surface area contributed by atoms with Crippen molar-refractivity contribution in [3.05, 3.63) is 65.7 Å². The third-order valence-corrected chi connectivity index (χ3v) is 4.91. The second kappa shape index (κ2) is 9.69. The van der Waals surface area contributed by atoms with Gasteiger partial charge < -0.3 is 20.7 Å². The molecule has 0 saturated carbocycles. The van der Waals surface area contributed by atoms with E-state index in [0.717, 1.165) is 12.8 Å². The lowest BCUT2D eigenvalue weighted by Gasteiger charge is -2.33. The zero-order valence-electron chi connectivity index (χ0n) is 16.4. The van der Waals surface area contributed by atoms with Crippen molar-refractivity contribution < 1.29 is 23.9 Å². The second-order valence-corrected chi connectivity index (χ2v) is 6.94. The Labute approximate surface area is 174 Å². The predicted molar refractivity (Wildman–Crippen MR) is 110 cm³/mol. The zero-order valence-corrected chi connectivity index (χ0v) is 16.4. The van der Waals surface area contributed by atoms with E-state index in [-0.39, 0.29) is 17.2 Å². The average molecular weight is 409 g/mol. The number of piperidine rings is 1. The van der Waals surface area contributed by atoms with Crippen LogP contribution in [-0.4, -0.2) is 47.8 Å². The van der Waals surface area contributed by atoms with Gasteiger partial charge in [0.25, 0.3) is 11.8 Å². The van der Waals surface area contributed by atoms with Gasteiger partial charge in [-0.2, -0.15) is 0 Å². The first-order chi connectivity index (χ1) is 14.5. The van der Waals surface area contributed by atoms with E-state index in [4.69, 9.17) is 10.5 Å². The lowest BCUT2D eigenvalue weighted by Crippen LogP contribution is -2.51. The summed E-state index contributed by atoms with van der Waals surface area (Å²) in [6.07, 6.45) is 2.08. The van der Waals surface area contributed by atoms with Crippen molar-refractivity contribution in [2.75, 3.05) is 18.5 Å². The fraction of sp³-hybridized carbons (Fsp3) is 0.273. The fourth-order valence-electron chi connectivity index (χ4n) is 3.37. The van der Waals surface area contributed by atoms with Gasteiger partial charge in [-0.1, -0.05) is 30.3 Å². The van der Waals surface area contributed by atoms with E-state index >= 15 is 0 Å². The third-order valence-electron chi connectivity index (χ3n) is 4.91. The molecule has 1 saturated heterocycles. The van der Waals surface area contributed by atoms with Gasteiger partial charge in [-0.05, 0) is 43.5 Å². The van der Waals surface area contributed by atoms with Gasteiger partial charge in [0.05, 0.1) is 11.3 Å². The van der Waals surface area contributed by atoms with Crippen molar-refractivity contribution in [3.8, 4) is 0 Å². The highest BCUT2D eigenvalue weighted by Crippen LogP contribution is 2.19. The van der Waals surface area contributed by atoms with Crippen LogP contribution in [0.2, 0.25) is 0 Å². The van der Waals surface area contributed by atoms with Gasteiger partial charge in [0.2, 0.25) is 5.91 Å². The Balaban J connectivity index is 1.65. The molecule has 0 unspecified atom stereocenters. The third kappa shape index (κ3) is 5.02. The molecule has 1 heterocycles. The number of primary amides is 1. The number of nitrogens with zero attached hydrogens (tertiary/aromatic N) is 1. The van der Waals surface area contributed by atoms with Gasteiger partial charge in [-0.25, -0.2) is 4.79 Å². The molecule has 3 N–H and O–H groups in total. The summed E-state index contributed by atoms with van der Waals surface area (Å²) in [5.41, 5.74) is 6.22. The molecule has 30 heavy (non-hydrogen) atoms. The minimum absolute atomic E-state index is 0.125. The highest BCUT2D eigenvalue weighted by Gasteiger charge is 2.31. The maximum atomic E-state index is 12.6. The van der Waals surface area contributed by atoms with Crippen molar-refractivity contribution in [2.45, 2.75) is 25.3 Å². The predicted octanol–water partition coefficient (Wildman–Crippen LogP) is 1.96. The summed E-state index contributed by atoms with van der Waals surface area (Å²) in [5.74, 6) is -2.16. The van der Waals surface area contributed by atoms with E-state index in [2.05, 4.69) is 5.32 Å². The number of nitrogens with two attached hydrogens (primary N) is 1. The first kappa shape index (κ1) is 21.0. The van der Waals surface area contributed by atoms with Gasteiger partial charge in [-0.15, -0.1) is 0 Å². The van der Waals surface area contributed by atoms with Crippen molar-refractivity contribution in [3.63, 3.8) is 0 Å². The number of amides is 3. The molecule has 0 radical (unpaired) electrons. The SMILES string of the molecule is NC(=O)[C@@H]1CCCCN1C(=O)COC(=O)c1ccccc1NC(=O)c1ccccc1. The van der Waals surface area contributed by atoms with Crippen LogP contribution in [0.3, 0.4) is 0 Å². The number of likely N-dealkylation sites (tertiary alicyclic amines) is 1. The largest absolute Gasteiger partial charge is 0.452 e. The number of carbonyl (C=O) groups is 4. The smallest absolute Gasteiger partial charge is 0.340 e. The average Bonchev–Trinajstić information content (AvgIpc) is 2.78. The summed E-state index contributed by atoms with van der Waals surface area (Å²) in [6.45, 7) is -0.114. The number of ether oxygens (including phenoxy) is 1. The molecule has 1 fully saturated rings. The Bertz CT molecular complexity index is 945. The number of carbonyl (C=O) groups excluding carboxylic acids is 4. The lowest BCUT2D eigenvalue weighted by atomic mass is 10.0. The molecule has 3 amide bonds. The second-order valence-electron chi connectivity index (χ2n) is 6.94. The normalized spacial score (nSPS) is 15.9. The van der Waals surface area contributed by atoms with Crippen molar-refractivity contribution in [2.24, 2.45) is 5.73 Å². The maximum absolute atomic E-state index is 12.6. The molecule has 0 aliphatic carbocycles. The molecule has 0 bridgehead atoms. The number of anilines is 1. The fourth-order valence-corrected chi connectivity index (χ4v) is 3.37. The Hall–Kier alpha value is -3.68. The number of benzene rings is 2. The Kier molecular flexibility index (Phi) is 6.79. The molecule has 1 atom stereocenters. The number of rotatable bonds is 6. The van der Waals surface area contributed by atoms with E-state index in [1.807, 2.05) is 0 Å².